The lowest BCUT2D eigenvalue weighted by molar-refractivity contribution is 0.453. The fraction of sp³-hybridized carbons (Fsp3) is 1.00. The van der Waals surface area contributed by atoms with Crippen LogP contribution in [-0.4, -0.2) is 29.1 Å². The molecule has 0 aromatic heterocycles. The molecule has 0 aliphatic heterocycles. The summed E-state index contributed by atoms with van der Waals surface area (Å²) in [6.07, 6.45) is 0. The lowest BCUT2D eigenvalue weighted by Crippen LogP contribution is -2.45. The lowest BCUT2D eigenvalue weighted by Gasteiger charge is -2.18. The summed E-state index contributed by atoms with van der Waals surface area (Å²) in [5.74, 6) is 2.08. The van der Waals surface area contributed by atoms with Gasteiger partial charge in [0, 0.05) is 16.0 Å². The number of rotatable bonds is 6. The van der Waals surface area contributed by atoms with E-state index in [4.69, 9.17) is 0 Å². The van der Waals surface area contributed by atoms with Gasteiger partial charge in [0.25, 0.3) is 0 Å². The van der Waals surface area contributed by atoms with Crippen LogP contribution < -0.4 is 10.6 Å². The molecule has 74 valence electrons. The summed E-state index contributed by atoms with van der Waals surface area (Å²) in [6, 6.07) is 0. The number of hydrogen-bond acceptors (Lipinski definition) is 2. The standard InChI is InChI=1S/C9H24N2Si/c1-7(2)5-10-9(12)11-6-8(3)4/h7-11H,5-6H2,1-4,12H3. The van der Waals surface area contributed by atoms with Gasteiger partial charge in [-0.25, -0.2) is 0 Å². The molecule has 0 aromatic carbocycles. The third-order valence-electron chi connectivity index (χ3n) is 1.66. The van der Waals surface area contributed by atoms with Gasteiger partial charge in [-0.1, -0.05) is 27.7 Å². The molecule has 12 heavy (non-hydrogen) atoms. The van der Waals surface area contributed by atoms with Crippen molar-refractivity contribution in [1.82, 2.24) is 10.6 Å². The summed E-state index contributed by atoms with van der Waals surface area (Å²) in [5, 5.41) is 6.98. The predicted molar refractivity (Wildman–Crippen MR) is 59.4 cm³/mol. The van der Waals surface area contributed by atoms with Crippen LogP contribution in [0.2, 0.25) is 0 Å². The molecule has 2 N–H and O–H groups in total. The summed E-state index contributed by atoms with van der Waals surface area (Å²) in [5.41, 5.74) is 0. The Morgan fingerprint density at radius 1 is 0.917 bits per heavy atom. The molecule has 0 rings (SSSR count). The SMILES string of the molecule is CC(C)CNC([SiH3])NCC(C)C. The maximum atomic E-state index is 3.49. The van der Waals surface area contributed by atoms with E-state index in [-0.39, 0.29) is 0 Å². The van der Waals surface area contributed by atoms with E-state index < -0.39 is 0 Å². The Morgan fingerprint density at radius 2 is 1.25 bits per heavy atom. The van der Waals surface area contributed by atoms with Gasteiger partial charge in [0.2, 0.25) is 0 Å². The first-order chi connectivity index (χ1) is 5.52. The van der Waals surface area contributed by atoms with Crippen LogP contribution in [0.15, 0.2) is 0 Å². The molecule has 0 spiro atoms. The van der Waals surface area contributed by atoms with Crippen molar-refractivity contribution in [2.45, 2.75) is 33.5 Å². The van der Waals surface area contributed by atoms with E-state index in [0.29, 0.717) is 5.79 Å². The highest BCUT2D eigenvalue weighted by Crippen LogP contribution is 1.89. The van der Waals surface area contributed by atoms with Crippen LogP contribution in [0.5, 0.6) is 0 Å². The third-order valence-corrected chi connectivity index (χ3v) is 2.48. The van der Waals surface area contributed by atoms with E-state index >= 15 is 0 Å². The van der Waals surface area contributed by atoms with E-state index in [1.807, 2.05) is 0 Å². The van der Waals surface area contributed by atoms with Crippen LogP contribution >= 0.6 is 0 Å². The fourth-order valence-corrected chi connectivity index (χ4v) is 1.37. The van der Waals surface area contributed by atoms with E-state index in [1.165, 1.54) is 10.2 Å². The van der Waals surface area contributed by atoms with Gasteiger partial charge in [-0.3, -0.25) is 0 Å². The molecule has 0 saturated carbocycles. The highest BCUT2D eigenvalue weighted by molar-refractivity contribution is 6.11. The van der Waals surface area contributed by atoms with E-state index in [2.05, 4.69) is 38.3 Å². The molecule has 2 nitrogen and oxygen atoms in total. The molecule has 0 aromatic rings. The van der Waals surface area contributed by atoms with Gasteiger partial charge in [-0.05, 0) is 24.9 Å². The normalized spacial score (nSPS) is 12.2. The van der Waals surface area contributed by atoms with Crippen LogP contribution in [-0.2, 0) is 0 Å². The molecule has 0 heterocycles. The summed E-state index contributed by atoms with van der Waals surface area (Å²) in [7, 11) is 1.18. The quantitative estimate of drug-likeness (QED) is 0.457. The van der Waals surface area contributed by atoms with Crippen molar-refractivity contribution in [3.05, 3.63) is 0 Å². The summed E-state index contributed by atoms with van der Waals surface area (Å²) < 4.78 is 0. The zero-order chi connectivity index (χ0) is 9.56. The highest BCUT2D eigenvalue weighted by atomic mass is 28.1. The zero-order valence-corrected chi connectivity index (χ0v) is 11.1. The second kappa shape index (κ2) is 6.63. The number of nitrogens with one attached hydrogen (secondary N) is 2. The Morgan fingerprint density at radius 3 is 1.50 bits per heavy atom. The largest absolute Gasteiger partial charge is 0.305 e. The summed E-state index contributed by atoms with van der Waals surface area (Å²) in [4.78, 5) is 0. The third kappa shape index (κ3) is 8.24. The Hall–Kier alpha value is 0.137. The zero-order valence-electron chi connectivity index (χ0n) is 9.15. The maximum absolute atomic E-state index is 3.49. The maximum Gasteiger partial charge on any atom is 0.0423 e. The van der Waals surface area contributed by atoms with Gasteiger partial charge in [0.1, 0.15) is 0 Å². The van der Waals surface area contributed by atoms with Crippen LogP contribution in [0.3, 0.4) is 0 Å². The van der Waals surface area contributed by atoms with Gasteiger partial charge >= 0.3 is 0 Å². The minimum atomic E-state index is 0.579. The predicted octanol–water partition coefficient (Wildman–Crippen LogP) is 0.127. The molecule has 0 radical (unpaired) electrons. The summed E-state index contributed by atoms with van der Waals surface area (Å²) in [6.45, 7) is 11.2. The second-order valence-corrected chi connectivity index (χ2v) is 5.48. The lowest BCUT2D eigenvalue weighted by atomic mass is 10.2. The Balaban J connectivity index is 3.27. The van der Waals surface area contributed by atoms with Crippen LogP contribution in [0.25, 0.3) is 0 Å². The van der Waals surface area contributed by atoms with Gasteiger partial charge in [-0.2, -0.15) is 0 Å². The van der Waals surface area contributed by atoms with Gasteiger partial charge in [-0.15, -0.1) is 0 Å². The Kier molecular flexibility index (Phi) is 6.71. The van der Waals surface area contributed by atoms with Gasteiger partial charge < -0.3 is 10.6 Å². The molecule has 0 bridgehead atoms. The molecular formula is C9H24N2Si. The van der Waals surface area contributed by atoms with Gasteiger partial charge in [0.05, 0.1) is 0 Å². The van der Waals surface area contributed by atoms with Crippen molar-refractivity contribution in [3.8, 4) is 0 Å². The van der Waals surface area contributed by atoms with Crippen molar-refractivity contribution in [1.29, 1.82) is 0 Å². The van der Waals surface area contributed by atoms with E-state index in [1.54, 1.807) is 0 Å². The molecule has 0 saturated heterocycles. The molecule has 3 heteroatoms. The smallest absolute Gasteiger partial charge is 0.0423 e. The van der Waals surface area contributed by atoms with Crippen molar-refractivity contribution in [2.24, 2.45) is 11.8 Å². The van der Waals surface area contributed by atoms with Crippen LogP contribution in [0.1, 0.15) is 27.7 Å². The minimum Gasteiger partial charge on any atom is -0.305 e. The van der Waals surface area contributed by atoms with Crippen LogP contribution in [0, 0.1) is 11.8 Å². The molecule has 0 atom stereocenters. The molecule has 0 aliphatic rings. The van der Waals surface area contributed by atoms with Crippen molar-refractivity contribution in [2.75, 3.05) is 13.1 Å². The number of hydrogen-bond donors (Lipinski definition) is 2. The van der Waals surface area contributed by atoms with Crippen molar-refractivity contribution >= 4 is 10.2 Å². The molecular weight excluding hydrogens is 164 g/mol. The van der Waals surface area contributed by atoms with Crippen molar-refractivity contribution in [3.63, 3.8) is 0 Å². The average Bonchev–Trinajstić information content (AvgIpc) is 1.96. The van der Waals surface area contributed by atoms with E-state index in [0.717, 1.165) is 24.9 Å². The first-order valence-electron chi connectivity index (χ1n) is 4.99. The topological polar surface area (TPSA) is 24.1 Å². The first-order valence-corrected chi connectivity index (χ1v) is 6.14. The molecule has 0 aliphatic carbocycles. The molecule has 0 amide bonds. The Labute approximate surface area is 79.9 Å². The average molecular weight is 188 g/mol. The van der Waals surface area contributed by atoms with Crippen LogP contribution in [0.4, 0.5) is 0 Å². The van der Waals surface area contributed by atoms with Gasteiger partial charge in [0.15, 0.2) is 0 Å². The first kappa shape index (κ1) is 12.1. The fourth-order valence-electron chi connectivity index (χ4n) is 0.897. The van der Waals surface area contributed by atoms with E-state index in [9.17, 15) is 0 Å². The Bertz CT molecular complexity index is 92.7. The monoisotopic (exact) mass is 188 g/mol. The van der Waals surface area contributed by atoms with Crippen molar-refractivity contribution < 1.29 is 0 Å². The molecule has 0 fully saturated rings. The summed E-state index contributed by atoms with van der Waals surface area (Å²) >= 11 is 0. The highest BCUT2D eigenvalue weighted by Gasteiger charge is 2.01. The molecule has 0 unspecified atom stereocenters. The second-order valence-electron chi connectivity index (χ2n) is 4.33. The minimum absolute atomic E-state index is 0.579.